The zero-order valence-electron chi connectivity index (χ0n) is 9.38. The van der Waals surface area contributed by atoms with Crippen LogP contribution in [0.3, 0.4) is 0 Å². The van der Waals surface area contributed by atoms with Crippen molar-refractivity contribution in [3.05, 3.63) is 29.3 Å². The van der Waals surface area contributed by atoms with Gasteiger partial charge < -0.3 is 15.1 Å². The number of nitrogens with zero attached hydrogens (tertiary/aromatic N) is 1. The summed E-state index contributed by atoms with van der Waals surface area (Å²) >= 11 is 0. The third-order valence-corrected chi connectivity index (χ3v) is 3.01. The van der Waals surface area contributed by atoms with Gasteiger partial charge in [-0.1, -0.05) is 6.07 Å². The summed E-state index contributed by atoms with van der Waals surface area (Å²) in [5.74, 6) is -1.15. The van der Waals surface area contributed by atoms with Crippen LogP contribution in [0.4, 0.5) is 0 Å². The number of carboxylic acid groups (broad SMARTS) is 1. The molecule has 0 aromatic heterocycles. The maximum atomic E-state index is 11.4. The van der Waals surface area contributed by atoms with Crippen LogP contribution in [0.15, 0.2) is 18.2 Å². The second-order valence-electron chi connectivity index (χ2n) is 4.16. The molecule has 0 radical (unpaired) electrons. The summed E-state index contributed by atoms with van der Waals surface area (Å²) in [7, 11) is 0. The lowest BCUT2D eigenvalue weighted by Gasteiger charge is -2.33. The van der Waals surface area contributed by atoms with Crippen LogP contribution >= 0.6 is 0 Å². The van der Waals surface area contributed by atoms with Crippen molar-refractivity contribution < 1.29 is 19.8 Å². The van der Waals surface area contributed by atoms with Crippen molar-refractivity contribution in [2.45, 2.75) is 25.9 Å². The van der Waals surface area contributed by atoms with E-state index in [1.807, 2.05) is 0 Å². The molecule has 1 aliphatic heterocycles. The predicted octanol–water partition coefficient (Wildman–Crippen LogP) is 0.750. The topological polar surface area (TPSA) is 77.8 Å². The number of phenols is 1. The standard InChI is InChI=1S/C12H13NO4/c1-7(14)13-6-9-4-10(15)3-2-8(9)5-11(13)12(16)17/h2-4,11,15H,5-6H2,1H3,(H,16,17). The summed E-state index contributed by atoms with van der Waals surface area (Å²) < 4.78 is 0. The number of aliphatic carboxylic acids is 1. The number of carboxylic acids is 1. The molecular weight excluding hydrogens is 222 g/mol. The molecule has 17 heavy (non-hydrogen) atoms. The van der Waals surface area contributed by atoms with E-state index in [9.17, 15) is 14.7 Å². The van der Waals surface area contributed by atoms with Crippen LogP contribution in [0.25, 0.3) is 0 Å². The van der Waals surface area contributed by atoms with Gasteiger partial charge in [-0.25, -0.2) is 4.79 Å². The first kappa shape index (κ1) is 11.4. The highest BCUT2D eigenvalue weighted by atomic mass is 16.4. The number of aromatic hydroxyl groups is 1. The third-order valence-electron chi connectivity index (χ3n) is 3.01. The van der Waals surface area contributed by atoms with Gasteiger partial charge in [0.25, 0.3) is 0 Å². The maximum Gasteiger partial charge on any atom is 0.326 e. The largest absolute Gasteiger partial charge is 0.508 e. The number of amides is 1. The van der Waals surface area contributed by atoms with Gasteiger partial charge >= 0.3 is 5.97 Å². The summed E-state index contributed by atoms with van der Waals surface area (Å²) in [5.41, 5.74) is 1.67. The van der Waals surface area contributed by atoms with Gasteiger partial charge in [-0.2, -0.15) is 0 Å². The summed E-state index contributed by atoms with van der Waals surface area (Å²) in [6.45, 7) is 1.58. The molecule has 0 aliphatic carbocycles. The van der Waals surface area contributed by atoms with Crippen LogP contribution in [0.2, 0.25) is 0 Å². The van der Waals surface area contributed by atoms with E-state index in [4.69, 9.17) is 5.11 Å². The Kier molecular flexibility index (Phi) is 2.75. The lowest BCUT2D eigenvalue weighted by Crippen LogP contribution is -2.47. The molecule has 90 valence electrons. The Morgan fingerprint density at radius 1 is 1.35 bits per heavy atom. The molecule has 0 saturated heterocycles. The highest BCUT2D eigenvalue weighted by Crippen LogP contribution is 2.26. The first-order chi connectivity index (χ1) is 7.99. The lowest BCUT2D eigenvalue weighted by atomic mass is 9.93. The van der Waals surface area contributed by atoms with Gasteiger partial charge in [0.2, 0.25) is 5.91 Å². The molecular formula is C12H13NO4. The smallest absolute Gasteiger partial charge is 0.326 e. The first-order valence-electron chi connectivity index (χ1n) is 5.30. The molecule has 0 fully saturated rings. The average Bonchev–Trinajstić information content (AvgIpc) is 2.26. The fourth-order valence-electron chi connectivity index (χ4n) is 2.12. The number of carbonyl (C=O) groups is 2. The number of hydrogen-bond donors (Lipinski definition) is 2. The summed E-state index contributed by atoms with van der Waals surface area (Å²) in [5, 5.41) is 18.5. The van der Waals surface area contributed by atoms with Gasteiger partial charge in [0, 0.05) is 19.9 Å². The minimum atomic E-state index is -1.00. The summed E-state index contributed by atoms with van der Waals surface area (Å²) in [6.07, 6.45) is 0.282. The first-order valence-corrected chi connectivity index (χ1v) is 5.30. The second-order valence-corrected chi connectivity index (χ2v) is 4.16. The van der Waals surface area contributed by atoms with E-state index in [2.05, 4.69) is 0 Å². The molecule has 1 aliphatic rings. The molecule has 1 heterocycles. The van der Waals surface area contributed by atoms with Gasteiger partial charge in [0.05, 0.1) is 0 Å². The zero-order chi connectivity index (χ0) is 12.6. The monoisotopic (exact) mass is 235 g/mol. The van der Waals surface area contributed by atoms with Crippen molar-refractivity contribution in [2.24, 2.45) is 0 Å². The molecule has 1 unspecified atom stereocenters. The van der Waals surface area contributed by atoms with Crippen LogP contribution in [0.1, 0.15) is 18.1 Å². The Bertz CT molecular complexity index is 483. The molecule has 5 nitrogen and oxygen atoms in total. The molecule has 5 heteroatoms. The Hall–Kier alpha value is -2.04. The van der Waals surface area contributed by atoms with Crippen molar-refractivity contribution >= 4 is 11.9 Å². The van der Waals surface area contributed by atoms with Gasteiger partial charge in [-0.3, -0.25) is 4.79 Å². The van der Waals surface area contributed by atoms with E-state index in [1.54, 1.807) is 12.1 Å². The Morgan fingerprint density at radius 3 is 2.65 bits per heavy atom. The lowest BCUT2D eigenvalue weighted by molar-refractivity contribution is -0.150. The SMILES string of the molecule is CC(=O)N1Cc2cc(O)ccc2CC1C(=O)O. The second kappa shape index (κ2) is 4.08. The molecule has 2 N–H and O–H groups in total. The predicted molar refractivity (Wildman–Crippen MR) is 59.5 cm³/mol. The fourth-order valence-corrected chi connectivity index (χ4v) is 2.12. The van der Waals surface area contributed by atoms with Crippen molar-refractivity contribution in [2.75, 3.05) is 0 Å². The molecule has 0 spiro atoms. The van der Waals surface area contributed by atoms with Crippen LogP contribution < -0.4 is 0 Å². The molecule has 0 saturated carbocycles. The number of fused-ring (bicyclic) bond motifs is 1. The molecule has 1 amide bonds. The van der Waals surface area contributed by atoms with E-state index >= 15 is 0 Å². The van der Waals surface area contributed by atoms with Crippen molar-refractivity contribution in [3.63, 3.8) is 0 Å². The van der Waals surface area contributed by atoms with E-state index in [-0.39, 0.29) is 24.6 Å². The fraction of sp³-hybridized carbons (Fsp3) is 0.333. The number of carbonyl (C=O) groups excluding carboxylic acids is 1. The third kappa shape index (κ3) is 2.08. The minimum absolute atomic E-state index is 0.126. The van der Waals surface area contributed by atoms with Crippen LogP contribution in [-0.4, -0.2) is 33.0 Å². The number of benzene rings is 1. The van der Waals surface area contributed by atoms with Crippen LogP contribution in [-0.2, 0) is 22.6 Å². The normalized spacial score (nSPS) is 18.6. The molecule has 0 bridgehead atoms. The maximum absolute atomic E-state index is 11.4. The van der Waals surface area contributed by atoms with Crippen LogP contribution in [0, 0.1) is 0 Å². The average molecular weight is 235 g/mol. The van der Waals surface area contributed by atoms with E-state index in [0.29, 0.717) is 0 Å². The molecule has 1 aromatic carbocycles. The number of hydrogen-bond acceptors (Lipinski definition) is 3. The van der Waals surface area contributed by atoms with Gasteiger partial charge in [-0.15, -0.1) is 0 Å². The number of phenolic OH excluding ortho intramolecular Hbond substituents is 1. The van der Waals surface area contributed by atoms with E-state index < -0.39 is 12.0 Å². The van der Waals surface area contributed by atoms with Crippen molar-refractivity contribution in [3.8, 4) is 5.75 Å². The quantitative estimate of drug-likeness (QED) is 0.753. The van der Waals surface area contributed by atoms with Gasteiger partial charge in [0.15, 0.2) is 0 Å². The van der Waals surface area contributed by atoms with Crippen molar-refractivity contribution in [1.29, 1.82) is 0 Å². The minimum Gasteiger partial charge on any atom is -0.508 e. The molecule has 2 rings (SSSR count). The van der Waals surface area contributed by atoms with E-state index in [0.717, 1.165) is 11.1 Å². The Balaban J connectivity index is 2.39. The van der Waals surface area contributed by atoms with Crippen molar-refractivity contribution in [1.82, 2.24) is 4.90 Å². The van der Waals surface area contributed by atoms with Gasteiger partial charge in [0.1, 0.15) is 11.8 Å². The highest BCUT2D eigenvalue weighted by molar-refractivity contribution is 5.83. The summed E-state index contributed by atoms with van der Waals surface area (Å²) in [4.78, 5) is 23.8. The van der Waals surface area contributed by atoms with Crippen LogP contribution in [0.5, 0.6) is 5.75 Å². The Labute approximate surface area is 98.3 Å². The van der Waals surface area contributed by atoms with E-state index in [1.165, 1.54) is 17.9 Å². The molecule has 1 aromatic rings. The van der Waals surface area contributed by atoms with Gasteiger partial charge in [-0.05, 0) is 23.3 Å². The highest BCUT2D eigenvalue weighted by Gasteiger charge is 2.32. The summed E-state index contributed by atoms with van der Waals surface area (Å²) in [6, 6.07) is 3.99. The number of rotatable bonds is 1. The Morgan fingerprint density at radius 2 is 2.06 bits per heavy atom. The zero-order valence-corrected chi connectivity index (χ0v) is 9.38. The molecule has 1 atom stereocenters.